The standard InChI is InChI=1S/C6H15NO2.C6H14O4.2C4H10O3.C4H10O2.C4H8O.C3H6O2.3C2H6O.C2H6.3CH4/c1-7(6-8)4-3-5-9-2;1-2-9-5-10-4-6(8)3-7;2*1-2-6-4-7-3-5;1-2-3-6-4-5;1-2-4-3-5-4;4-1-3-2-5-3;3*1-2-3;1-2;;;/h8H,3-6H2,1-2H3;6-8H,2-5H2,1H3;2*5H,2-4H2,1H3;5H,2-4H2,1H3;4H,2-3H2,1H3;3-4H,1-2H2;3*3H,2H2,1H3;1-2H3;3*1H4. The molecule has 0 bridgehead atoms. The number of epoxide rings is 2. The molecule has 63 heavy (non-hydrogen) atoms. The molecule has 10 N–H and O–H groups in total. The quantitative estimate of drug-likeness (QED) is 0.0378. The van der Waals surface area contributed by atoms with E-state index >= 15 is 0 Å². The summed E-state index contributed by atoms with van der Waals surface area (Å²) in [7, 11) is 3.55. The molecule has 2 aliphatic heterocycles. The number of ether oxygens (including phenoxy) is 10. The minimum absolute atomic E-state index is 0. The van der Waals surface area contributed by atoms with Gasteiger partial charge in [-0.15, -0.1) is 0 Å². The predicted octanol–water partition coefficient (Wildman–Crippen LogP) is 2.61. The van der Waals surface area contributed by atoms with E-state index in [1.165, 1.54) is 6.42 Å². The highest BCUT2D eigenvalue weighted by molar-refractivity contribution is 4.65. The zero-order valence-electron chi connectivity index (χ0n) is 39.7. The van der Waals surface area contributed by atoms with Crippen molar-refractivity contribution in [3.8, 4) is 0 Å². The first-order chi connectivity index (χ1) is 29.0. The van der Waals surface area contributed by atoms with Gasteiger partial charge in [0.1, 0.15) is 53.0 Å². The van der Waals surface area contributed by atoms with Gasteiger partial charge in [-0.2, -0.15) is 0 Å². The molecule has 2 fully saturated rings. The minimum Gasteiger partial charge on any atom is -0.397 e. The Morgan fingerprint density at radius 3 is 1.13 bits per heavy atom. The molecule has 0 spiro atoms. The van der Waals surface area contributed by atoms with Crippen molar-refractivity contribution in [1.82, 2.24) is 4.90 Å². The number of nitrogens with zero attached hydrogens (tertiary/aromatic N) is 1. The predicted molar refractivity (Wildman–Crippen MR) is 251 cm³/mol. The lowest BCUT2D eigenvalue weighted by Crippen LogP contribution is -2.21. The molecule has 0 amide bonds. The Labute approximate surface area is 386 Å². The van der Waals surface area contributed by atoms with Crippen LogP contribution in [0, 0.1) is 0 Å². The van der Waals surface area contributed by atoms with E-state index in [9.17, 15) is 0 Å². The summed E-state index contributed by atoms with van der Waals surface area (Å²) in [4.78, 5) is 1.83. The first-order valence-corrected chi connectivity index (χ1v) is 20.6. The molecule has 3 atom stereocenters. The van der Waals surface area contributed by atoms with Gasteiger partial charge >= 0.3 is 0 Å². The monoisotopic (exact) mass is 948 g/mol. The Balaban J connectivity index is -0.0000000463. The molecule has 3 unspecified atom stereocenters. The number of rotatable bonds is 24. The Bertz CT molecular complexity index is 525. The van der Waals surface area contributed by atoms with E-state index in [-0.39, 0.29) is 116 Å². The molecule has 0 aromatic carbocycles. The fraction of sp³-hybridized carbons (Fsp3) is 1.00. The average Bonchev–Trinajstić information content (AvgIpc) is 4.21. The molecule has 402 valence electrons. The summed E-state index contributed by atoms with van der Waals surface area (Å²) in [5.74, 6) is 0. The van der Waals surface area contributed by atoms with E-state index in [4.69, 9.17) is 79.5 Å². The van der Waals surface area contributed by atoms with Crippen molar-refractivity contribution < 1.29 is 98.4 Å². The van der Waals surface area contributed by atoms with Crippen LogP contribution >= 0.6 is 0 Å². The van der Waals surface area contributed by atoms with Crippen molar-refractivity contribution in [3.05, 3.63) is 0 Å². The average molecular weight is 948 g/mol. The van der Waals surface area contributed by atoms with Crippen LogP contribution in [-0.4, -0.2) is 228 Å². The van der Waals surface area contributed by atoms with Crippen LogP contribution in [0.1, 0.15) is 111 Å². The first-order valence-electron chi connectivity index (χ1n) is 20.6. The molecule has 21 heteroatoms. The molecule has 21 nitrogen and oxygen atoms in total. The number of aliphatic hydroxyl groups excluding tert-OH is 10. The van der Waals surface area contributed by atoms with Crippen LogP contribution in [0.5, 0.6) is 0 Å². The van der Waals surface area contributed by atoms with Gasteiger partial charge in [-0.1, -0.05) is 50.0 Å². The highest BCUT2D eigenvalue weighted by Crippen LogP contribution is 2.10. The van der Waals surface area contributed by atoms with Crippen molar-refractivity contribution in [3.63, 3.8) is 0 Å². The maximum Gasteiger partial charge on any atom is 0.149 e. The molecule has 0 radical (unpaired) electrons. The maximum atomic E-state index is 8.73. The summed E-state index contributed by atoms with van der Waals surface area (Å²) in [6.07, 6.45) is 3.18. The van der Waals surface area contributed by atoms with Gasteiger partial charge in [0.2, 0.25) is 0 Å². The third-order valence-electron chi connectivity index (χ3n) is 4.85. The second kappa shape index (κ2) is 109. The van der Waals surface area contributed by atoms with Gasteiger partial charge in [-0.05, 0) is 67.9 Å². The van der Waals surface area contributed by atoms with E-state index in [2.05, 4.69) is 25.9 Å². The number of aliphatic hydroxyl groups is 10. The van der Waals surface area contributed by atoms with Crippen LogP contribution in [0.3, 0.4) is 0 Å². The third kappa shape index (κ3) is 173. The second-order valence-electron chi connectivity index (χ2n) is 10.3. The molecule has 2 saturated heterocycles. The molecule has 0 saturated carbocycles. The fourth-order valence-corrected chi connectivity index (χ4v) is 1.97. The Hall–Kier alpha value is -0.840. The molecule has 0 aliphatic carbocycles. The zero-order valence-corrected chi connectivity index (χ0v) is 39.7. The van der Waals surface area contributed by atoms with Crippen LogP contribution in [0.25, 0.3) is 0 Å². The summed E-state index contributed by atoms with van der Waals surface area (Å²) in [5, 5.41) is 80.3. The van der Waals surface area contributed by atoms with E-state index < -0.39 is 6.10 Å². The summed E-state index contributed by atoms with van der Waals surface area (Å²) in [5.41, 5.74) is 0. The van der Waals surface area contributed by atoms with Crippen LogP contribution < -0.4 is 0 Å². The summed E-state index contributed by atoms with van der Waals surface area (Å²) in [6.45, 7) is 25.5. The fourth-order valence-electron chi connectivity index (χ4n) is 1.97. The van der Waals surface area contributed by atoms with Gasteiger partial charge in [0.15, 0.2) is 0 Å². The number of methoxy groups -OCH3 is 1. The molecule has 0 aromatic heterocycles. The van der Waals surface area contributed by atoms with Crippen molar-refractivity contribution >= 4 is 0 Å². The highest BCUT2D eigenvalue weighted by Gasteiger charge is 2.19. The van der Waals surface area contributed by atoms with Gasteiger partial charge in [0, 0.05) is 66.5 Å². The van der Waals surface area contributed by atoms with Gasteiger partial charge in [-0.25, -0.2) is 0 Å². The molecule has 2 aliphatic rings. The van der Waals surface area contributed by atoms with E-state index in [0.29, 0.717) is 32.5 Å². The van der Waals surface area contributed by atoms with Gasteiger partial charge in [-0.3, -0.25) is 4.90 Å². The van der Waals surface area contributed by atoms with Crippen molar-refractivity contribution in [2.45, 2.75) is 129 Å². The SMILES string of the molecule is C.C.C.CC.CCC1CO1.CCCOCO.CCO.CCO.CCO.CCOCOCC(O)CO.CCOCOCO.CCOCOCO.COCCCN(C)CO.OCC1CO1. The number of hydrogen-bond donors (Lipinski definition) is 10. The highest BCUT2D eigenvalue weighted by atomic mass is 16.7. The number of hydrogen-bond acceptors (Lipinski definition) is 21. The van der Waals surface area contributed by atoms with Crippen LogP contribution in [0.15, 0.2) is 0 Å². The second-order valence-corrected chi connectivity index (χ2v) is 10.3. The van der Waals surface area contributed by atoms with E-state index in [1.54, 1.807) is 27.9 Å². The summed E-state index contributed by atoms with van der Waals surface area (Å²) < 4.78 is 46.6. The van der Waals surface area contributed by atoms with Crippen LogP contribution in [-0.2, 0) is 47.4 Å². The van der Waals surface area contributed by atoms with Crippen molar-refractivity contribution in [2.75, 3.05) is 154 Å². The Morgan fingerprint density at radius 1 is 0.571 bits per heavy atom. The molecule has 2 heterocycles. The smallest absolute Gasteiger partial charge is 0.149 e. The van der Waals surface area contributed by atoms with Crippen molar-refractivity contribution in [2.24, 2.45) is 0 Å². The Kier molecular flexibility index (Phi) is 159. The summed E-state index contributed by atoms with van der Waals surface area (Å²) >= 11 is 0. The van der Waals surface area contributed by atoms with E-state index in [1.807, 2.05) is 53.5 Å². The van der Waals surface area contributed by atoms with E-state index in [0.717, 1.165) is 39.2 Å². The van der Waals surface area contributed by atoms with Crippen LogP contribution in [0.2, 0.25) is 0 Å². The lowest BCUT2D eigenvalue weighted by Gasteiger charge is -2.11. The molecular formula is C42H109NO20. The lowest BCUT2D eigenvalue weighted by atomic mass is 10.4. The van der Waals surface area contributed by atoms with Gasteiger partial charge in [0.05, 0.1) is 45.9 Å². The molecular weight excluding hydrogens is 838 g/mol. The normalized spacial score (nSPS) is 13.0. The third-order valence-corrected chi connectivity index (χ3v) is 4.85. The van der Waals surface area contributed by atoms with Gasteiger partial charge < -0.3 is 98.4 Å². The molecule has 2 rings (SSSR count). The van der Waals surface area contributed by atoms with Gasteiger partial charge in [0.25, 0.3) is 0 Å². The molecule has 0 aromatic rings. The first kappa shape index (κ1) is 92.4. The maximum absolute atomic E-state index is 8.73. The zero-order chi connectivity index (χ0) is 48.4. The topological polar surface area (TPSA) is 304 Å². The van der Waals surface area contributed by atoms with Crippen LogP contribution in [0.4, 0.5) is 0 Å². The lowest BCUT2D eigenvalue weighted by molar-refractivity contribution is -0.105. The largest absolute Gasteiger partial charge is 0.397 e. The van der Waals surface area contributed by atoms with Crippen molar-refractivity contribution in [1.29, 1.82) is 0 Å². The Morgan fingerprint density at radius 2 is 0.937 bits per heavy atom. The summed E-state index contributed by atoms with van der Waals surface area (Å²) in [6, 6.07) is 0. The minimum atomic E-state index is -0.791.